The van der Waals surface area contributed by atoms with Gasteiger partial charge in [-0.25, -0.2) is 5.48 Å². The van der Waals surface area contributed by atoms with Crippen LogP contribution >= 0.6 is 0 Å². The van der Waals surface area contributed by atoms with Crippen molar-refractivity contribution in [3.05, 3.63) is 35.9 Å². The maximum absolute atomic E-state index is 11.2. The van der Waals surface area contributed by atoms with Gasteiger partial charge >= 0.3 is 0 Å². The minimum atomic E-state index is -0.0940. The monoisotopic (exact) mass is 251 g/mol. The van der Waals surface area contributed by atoms with Crippen molar-refractivity contribution in [3.63, 3.8) is 0 Å². The number of hydrogen-bond donors (Lipinski definition) is 1. The molecule has 1 aromatic rings. The topological polar surface area (TPSA) is 47.6 Å². The Morgan fingerprint density at radius 1 is 1.22 bits per heavy atom. The van der Waals surface area contributed by atoms with Gasteiger partial charge in [0.1, 0.15) is 0 Å². The van der Waals surface area contributed by atoms with Crippen LogP contribution in [0.25, 0.3) is 0 Å². The number of hydrogen-bond acceptors (Lipinski definition) is 3. The lowest BCUT2D eigenvalue weighted by atomic mass is 10.2. The maximum Gasteiger partial charge on any atom is 0.243 e. The van der Waals surface area contributed by atoms with E-state index in [-0.39, 0.29) is 5.91 Å². The normalized spacial score (nSPS) is 10.3. The highest BCUT2D eigenvalue weighted by atomic mass is 16.6. The Morgan fingerprint density at radius 2 is 2.00 bits per heavy atom. The molecule has 18 heavy (non-hydrogen) atoms. The first-order valence-electron chi connectivity index (χ1n) is 6.35. The molecular weight excluding hydrogens is 230 g/mol. The smallest absolute Gasteiger partial charge is 0.243 e. The first kappa shape index (κ1) is 14.7. The van der Waals surface area contributed by atoms with Crippen molar-refractivity contribution in [3.8, 4) is 0 Å². The van der Waals surface area contributed by atoms with Crippen LogP contribution < -0.4 is 5.48 Å². The summed E-state index contributed by atoms with van der Waals surface area (Å²) in [5.41, 5.74) is 3.62. The average Bonchev–Trinajstić information content (AvgIpc) is 2.41. The molecule has 100 valence electrons. The van der Waals surface area contributed by atoms with Crippen molar-refractivity contribution in [1.29, 1.82) is 0 Å². The quantitative estimate of drug-likeness (QED) is 0.540. The molecule has 0 aromatic heterocycles. The van der Waals surface area contributed by atoms with E-state index < -0.39 is 0 Å². The van der Waals surface area contributed by atoms with E-state index in [1.54, 1.807) is 0 Å². The zero-order valence-electron chi connectivity index (χ0n) is 10.9. The third-order valence-corrected chi connectivity index (χ3v) is 2.40. The van der Waals surface area contributed by atoms with Crippen molar-refractivity contribution >= 4 is 5.91 Å². The van der Waals surface area contributed by atoms with Gasteiger partial charge in [-0.15, -0.1) is 0 Å². The lowest BCUT2D eigenvalue weighted by molar-refractivity contribution is -0.133. The molecule has 4 nitrogen and oxygen atoms in total. The van der Waals surface area contributed by atoms with Crippen molar-refractivity contribution in [2.45, 2.75) is 26.2 Å². The van der Waals surface area contributed by atoms with Gasteiger partial charge in [0.25, 0.3) is 0 Å². The van der Waals surface area contributed by atoms with Gasteiger partial charge in [-0.05, 0) is 25.3 Å². The Kier molecular flexibility index (Phi) is 7.84. The van der Waals surface area contributed by atoms with Gasteiger partial charge in [0, 0.05) is 13.0 Å². The van der Waals surface area contributed by atoms with Gasteiger partial charge < -0.3 is 4.74 Å². The highest BCUT2D eigenvalue weighted by Crippen LogP contribution is 2.00. The number of benzene rings is 1. The fourth-order valence-corrected chi connectivity index (χ4v) is 1.48. The van der Waals surface area contributed by atoms with E-state index in [2.05, 4.69) is 17.6 Å². The zero-order chi connectivity index (χ0) is 13.1. The Hall–Kier alpha value is -1.39. The van der Waals surface area contributed by atoms with Gasteiger partial charge in [0.05, 0.1) is 13.2 Å². The molecular formula is C14H21NO3. The molecule has 0 heterocycles. The van der Waals surface area contributed by atoms with E-state index >= 15 is 0 Å². The van der Waals surface area contributed by atoms with Crippen LogP contribution in [0.4, 0.5) is 0 Å². The summed E-state index contributed by atoms with van der Waals surface area (Å²) >= 11 is 0. The molecule has 1 rings (SSSR count). The van der Waals surface area contributed by atoms with E-state index in [1.807, 2.05) is 25.1 Å². The van der Waals surface area contributed by atoms with Gasteiger partial charge in [0.15, 0.2) is 0 Å². The molecule has 0 fully saturated rings. The number of carbonyl (C=O) groups is 1. The molecule has 1 N–H and O–H groups in total. The third-order valence-electron chi connectivity index (χ3n) is 2.40. The van der Waals surface area contributed by atoms with Crippen LogP contribution in [0.1, 0.15) is 25.3 Å². The first-order chi connectivity index (χ1) is 8.83. The average molecular weight is 251 g/mol. The lowest BCUT2D eigenvalue weighted by Crippen LogP contribution is -2.23. The van der Waals surface area contributed by atoms with Gasteiger partial charge in [0.2, 0.25) is 5.91 Å². The molecule has 0 atom stereocenters. The van der Waals surface area contributed by atoms with Gasteiger partial charge in [-0.2, -0.15) is 0 Å². The summed E-state index contributed by atoms with van der Waals surface area (Å²) in [5.74, 6) is -0.0940. The number of amides is 1. The minimum Gasteiger partial charge on any atom is -0.381 e. The molecule has 0 radical (unpaired) electrons. The summed E-state index contributed by atoms with van der Waals surface area (Å²) < 4.78 is 5.47. The van der Waals surface area contributed by atoms with Crippen molar-refractivity contribution in [1.82, 2.24) is 5.48 Å². The molecule has 4 heteroatoms. The summed E-state index contributed by atoms with van der Waals surface area (Å²) in [4.78, 5) is 16.0. The van der Waals surface area contributed by atoms with E-state index in [1.165, 1.54) is 5.56 Å². The predicted octanol–water partition coefficient (Wildman–Crippen LogP) is 2.09. The van der Waals surface area contributed by atoms with Crippen LogP contribution in [-0.4, -0.2) is 25.7 Å². The van der Waals surface area contributed by atoms with Crippen LogP contribution in [0.2, 0.25) is 0 Å². The van der Waals surface area contributed by atoms with Crippen LogP contribution in [0.3, 0.4) is 0 Å². The fourth-order valence-electron chi connectivity index (χ4n) is 1.48. The highest BCUT2D eigenvalue weighted by molar-refractivity contribution is 5.74. The van der Waals surface area contributed by atoms with Crippen LogP contribution in [-0.2, 0) is 20.8 Å². The highest BCUT2D eigenvalue weighted by Gasteiger charge is 2.00. The second kappa shape index (κ2) is 9.62. The van der Waals surface area contributed by atoms with E-state index in [9.17, 15) is 4.79 Å². The summed E-state index contributed by atoms with van der Waals surface area (Å²) in [6.07, 6.45) is 2.06. The van der Waals surface area contributed by atoms with Crippen LogP contribution in [0, 0.1) is 0 Å². The maximum atomic E-state index is 11.2. The molecule has 1 aromatic carbocycles. The Balaban J connectivity index is 1.94. The molecule has 0 aliphatic heterocycles. The fraction of sp³-hybridized carbons (Fsp3) is 0.500. The first-order valence-corrected chi connectivity index (χ1v) is 6.35. The molecule has 0 aliphatic carbocycles. The molecule has 0 aliphatic rings. The SMILES string of the molecule is CCONC(=O)CCCOCCc1ccccc1. The Bertz CT molecular complexity index is 327. The van der Waals surface area contributed by atoms with Crippen molar-refractivity contribution < 1.29 is 14.4 Å². The zero-order valence-corrected chi connectivity index (χ0v) is 10.9. The summed E-state index contributed by atoms with van der Waals surface area (Å²) in [6.45, 7) is 3.61. The number of ether oxygens (including phenoxy) is 1. The lowest BCUT2D eigenvalue weighted by Gasteiger charge is -2.05. The molecule has 0 saturated heterocycles. The van der Waals surface area contributed by atoms with Crippen molar-refractivity contribution in [2.75, 3.05) is 19.8 Å². The minimum absolute atomic E-state index is 0.0940. The number of rotatable bonds is 9. The van der Waals surface area contributed by atoms with Crippen LogP contribution in [0.5, 0.6) is 0 Å². The second-order valence-electron chi connectivity index (χ2n) is 3.91. The summed E-state index contributed by atoms with van der Waals surface area (Å²) in [6, 6.07) is 10.2. The molecule has 0 bridgehead atoms. The second-order valence-corrected chi connectivity index (χ2v) is 3.91. The Morgan fingerprint density at radius 3 is 2.72 bits per heavy atom. The third kappa shape index (κ3) is 7.04. The van der Waals surface area contributed by atoms with E-state index in [4.69, 9.17) is 9.57 Å². The van der Waals surface area contributed by atoms with Gasteiger partial charge in [-0.1, -0.05) is 30.3 Å². The summed E-state index contributed by atoms with van der Waals surface area (Å²) in [7, 11) is 0. The van der Waals surface area contributed by atoms with E-state index in [0.717, 1.165) is 6.42 Å². The van der Waals surface area contributed by atoms with Gasteiger partial charge in [-0.3, -0.25) is 9.63 Å². The predicted molar refractivity (Wildman–Crippen MR) is 70.0 cm³/mol. The molecule has 0 unspecified atom stereocenters. The summed E-state index contributed by atoms with van der Waals surface area (Å²) in [5, 5.41) is 0. The molecule has 1 amide bonds. The number of nitrogens with one attached hydrogen (secondary N) is 1. The molecule has 0 spiro atoms. The van der Waals surface area contributed by atoms with E-state index in [0.29, 0.717) is 32.7 Å². The van der Waals surface area contributed by atoms with Crippen molar-refractivity contribution in [2.24, 2.45) is 0 Å². The van der Waals surface area contributed by atoms with Crippen LogP contribution in [0.15, 0.2) is 30.3 Å². The number of carbonyl (C=O) groups excluding carboxylic acids is 1. The standard InChI is InChI=1S/C14H21NO3/c1-2-18-15-14(16)9-6-11-17-12-10-13-7-4-3-5-8-13/h3-5,7-8H,2,6,9-12H2,1H3,(H,15,16). The number of hydroxylamine groups is 1. The Labute approximate surface area is 108 Å². The largest absolute Gasteiger partial charge is 0.381 e. The molecule has 0 saturated carbocycles.